The van der Waals surface area contributed by atoms with Gasteiger partial charge in [0, 0.05) is 22.2 Å². The lowest BCUT2D eigenvalue weighted by molar-refractivity contribution is -0.117. The molecule has 4 unspecified atom stereocenters. The summed E-state index contributed by atoms with van der Waals surface area (Å²) in [6.07, 6.45) is 1.12. The zero-order chi connectivity index (χ0) is 26.5. The standard InChI is InChI=1S/C23H17Cl5F3N3O2/c24-11-2-1-9(7-10(11)21(35)34-15-4-3-13(29)20(32)19(15)31)33-22(36)17-16(23(17,27)28)8-5-12(25)18(26)14(30)6-8/h1-7,12,16-18,21,34-35H,32H2,(H,33,36)/t12?,16?,17-,18?,21?/m1/s1. The van der Waals surface area contributed by atoms with Crippen molar-refractivity contribution < 1.29 is 23.1 Å². The number of hydrogen-bond donors (Lipinski definition) is 4. The fraction of sp³-hybridized carbons (Fsp3) is 0.261. The van der Waals surface area contributed by atoms with E-state index in [4.69, 9.17) is 63.7 Å². The molecule has 2 aromatic rings. The molecule has 13 heteroatoms. The number of halogens is 8. The third-order valence-corrected chi connectivity index (χ3v) is 8.14. The molecule has 0 spiro atoms. The maximum atomic E-state index is 14.2. The number of carbonyl (C=O) groups is 1. The van der Waals surface area contributed by atoms with Crippen molar-refractivity contribution in [1.82, 2.24) is 0 Å². The molecule has 1 fully saturated rings. The number of rotatable bonds is 6. The fourth-order valence-corrected chi connectivity index (χ4v) is 5.38. The summed E-state index contributed by atoms with van der Waals surface area (Å²) in [5.41, 5.74) is 5.00. The van der Waals surface area contributed by atoms with E-state index in [2.05, 4.69) is 10.6 Å². The Bertz CT molecular complexity index is 1290. The minimum atomic E-state index is -1.55. The highest BCUT2D eigenvalue weighted by molar-refractivity contribution is 6.53. The number of benzene rings is 2. The number of aliphatic hydroxyl groups is 1. The highest BCUT2D eigenvalue weighted by Gasteiger charge is 2.68. The third-order valence-electron chi connectivity index (χ3n) is 5.87. The van der Waals surface area contributed by atoms with Crippen LogP contribution in [0.25, 0.3) is 0 Å². The first kappa shape index (κ1) is 27.2. The number of amides is 1. The number of carbonyl (C=O) groups excluding carboxylic acids is 1. The molecule has 1 amide bonds. The molecular formula is C23H17Cl5F3N3O2. The summed E-state index contributed by atoms with van der Waals surface area (Å²) in [6, 6.07) is 6.20. The summed E-state index contributed by atoms with van der Waals surface area (Å²) >= 11 is 30.7. The molecule has 5 nitrogen and oxygen atoms in total. The van der Waals surface area contributed by atoms with Crippen LogP contribution < -0.4 is 16.4 Å². The van der Waals surface area contributed by atoms with Crippen molar-refractivity contribution in [3.63, 3.8) is 0 Å². The molecular weight excluding hydrogens is 585 g/mol. The van der Waals surface area contributed by atoms with Gasteiger partial charge < -0.3 is 21.5 Å². The smallest absolute Gasteiger partial charge is 0.231 e. The Hall–Kier alpha value is -1.81. The monoisotopic (exact) mass is 599 g/mol. The first-order valence-electron chi connectivity index (χ1n) is 10.4. The van der Waals surface area contributed by atoms with Crippen molar-refractivity contribution in [1.29, 1.82) is 0 Å². The van der Waals surface area contributed by atoms with Crippen LogP contribution in [0.1, 0.15) is 11.8 Å². The second kappa shape index (κ2) is 10.2. The van der Waals surface area contributed by atoms with Gasteiger partial charge in [0.1, 0.15) is 27.0 Å². The van der Waals surface area contributed by atoms with Crippen LogP contribution >= 0.6 is 58.0 Å². The Balaban J connectivity index is 1.50. The van der Waals surface area contributed by atoms with Gasteiger partial charge in [-0.3, -0.25) is 4.79 Å². The summed E-state index contributed by atoms with van der Waals surface area (Å²) in [5, 5.41) is 13.9. The summed E-state index contributed by atoms with van der Waals surface area (Å²) in [5.74, 6) is -4.94. The van der Waals surface area contributed by atoms with Gasteiger partial charge in [0.05, 0.1) is 17.0 Å². The Morgan fingerprint density at radius 2 is 1.83 bits per heavy atom. The van der Waals surface area contributed by atoms with E-state index >= 15 is 0 Å². The molecule has 0 aliphatic heterocycles. The van der Waals surface area contributed by atoms with Crippen LogP contribution in [0, 0.1) is 23.5 Å². The van der Waals surface area contributed by atoms with Gasteiger partial charge in [0.25, 0.3) is 0 Å². The average molecular weight is 602 g/mol. The van der Waals surface area contributed by atoms with Crippen LogP contribution in [0.4, 0.5) is 30.2 Å². The van der Waals surface area contributed by atoms with Gasteiger partial charge in [0.15, 0.2) is 12.0 Å². The molecule has 2 aliphatic carbocycles. The third kappa shape index (κ3) is 5.12. The van der Waals surface area contributed by atoms with E-state index in [-0.39, 0.29) is 22.0 Å². The summed E-state index contributed by atoms with van der Waals surface area (Å²) in [7, 11) is 0. The Labute approximate surface area is 229 Å². The van der Waals surface area contributed by atoms with Gasteiger partial charge in [-0.1, -0.05) is 17.7 Å². The van der Waals surface area contributed by atoms with E-state index in [1.165, 1.54) is 24.3 Å². The molecule has 4 rings (SSSR count). The van der Waals surface area contributed by atoms with Crippen LogP contribution in [-0.4, -0.2) is 26.1 Å². The highest BCUT2D eigenvalue weighted by atomic mass is 35.5. The number of hydrogen-bond acceptors (Lipinski definition) is 4. The second-order valence-electron chi connectivity index (χ2n) is 8.27. The van der Waals surface area contributed by atoms with Crippen LogP contribution in [0.3, 0.4) is 0 Å². The summed E-state index contributed by atoms with van der Waals surface area (Å²) < 4.78 is 40.2. The zero-order valence-corrected chi connectivity index (χ0v) is 21.7. The Kier molecular flexibility index (Phi) is 7.68. The van der Waals surface area contributed by atoms with E-state index in [1.807, 2.05) is 0 Å². The lowest BCUT2D eigenvalue weighted by Gasteiger charge is -2.18. The first-order valence-corrected chi connectivity index (χ1v) is 12.4. The van der Waals surface area contributed by atoms with E-state index < -0.39 is 62.2 Å². The maximum Gasteiger partial charge on any atom is 0.231 e. The number of nitrogens with two attached hydrogens (primary N) is 1. The normalized spacial score (nSPS) is 25.5. The van der Waals surface area contributed by atoms with Gasteiger partial charge in [0.2, 0.25) is 5.91 Å². The van der Waals surface area contributed by atoms with Crippen LogP contribution in [0.2, 0.25) is 5.02 Å². The van der Waals surface area contributed by atoms with Gasteiger partial charge in [-0.05, 0) is 42.0 Å². The molecule has 5 N–H and O–H groups in total. The quantitative estimate of drug-likeness (QED) is 0.169. The second-order valence-corrected chi connectivity index (χ2v) is 11.1. The van der Waals surface area contributed by atoms with Crippen molar-refractivity contribution in [3.8, 4) is 0 Å². The molecule has 0 saturated heterocycles. The average Bonchev–Trinajstić information content (AvgIpc) is 3.40. The lowest BCUT2D eigenvalue weighted by Crippen LogP contribution is -2.20. The number of nitrogen functional groups attached to an aromatic ring is 1. The van der Waals surface area contributed by atoms with E-state index in [0.29, 0.717) is 5.57 Å². The van der Waals surface area contributed by atoms with E-state index in [0.717, 1.165) is 18.2 Å². The SMILES string of the molecule is Nc1c(F)ccc(NC(O)c2cc(NC(=O)[C@H]3C(C4=CC(Cl)C(Cl)C(F)=C4)C3(Cl)Cl)ccc2Cl)c1F. The minimum Gasteiger partial charge on any atom is -0.394 e. The molecule has 36 heavy (non-hydrogen) atoms. The Morgan fingerprint density at radius 1 is 1.14 bits per heavy atom. The van der Waals surface area contributed by atoms with Crippen molar-refractivity contribution >= 4 is 81.0 Å². The Morgan fingerprint density at radius 3 is 2.50 bits per heavy atom. The van der Waals surface area contributed by atoms with Crippen molar-refractivity contribution in [3.05, 3.63) is 76.1 Å². The van der Waals surface area contributed by atoms with Crippen molar-refractivity contribution in [2.24, 2.45) is 11.8 Å². The molecule has 5 atom stereocenters. The van der Waals surface area contributed by atoms with Gasteiger partial charge in [-0.2, -0.15) is 0 Å². The van der Waals surface area contributed by atoms with Crippen LogP contribution in [0.15, 0.2) is 53.9 Å². The molecule has 0 aromatic heterocycles. The number of nitrogens with one attached hydrogen (secondary N) is 2. The van der Waals surface area contributed by atoms with Crippen molar-refractivity contribution in [2.75, 3.05) is 16.4 Å². The fourth-order valence-electron chi connectivity index (χ4n) is 3.93. The van der Waals surface area contributed by atoms with Crippen molar-refractivity contribution in [2.45, 2.75) is 21.3 Å². The van der Waals surface area contributed by atoms with E-state index in [9.17, 15) is 23.1 Å². The topological polar surface area (TPSA) is 87.4 Å². The molecule has 2 aromatic carbocycles. The largest absolute Gasteiger partial charge is 0.394 e. The van der Waals surface area contributed by atoms with Gasteiger partial charge >= 0.3 is 0 Å². The lowest BCUT2D eigenvalue weighted by atomic mass is 10.00. The predicted octanol–water partition coefficient (Wildman–Crippen LogP) is 6.67. The minimum absolute atomic E-state index is 0.0743. The molecule has 0 bridgehead atoms. The highest BCUT2D eigenvalue weighted by Crippen LogP contribution is 2.63. The van der Waals surface area contributed by atoms with Gasteiger partial charge in [-0.25, -0.2) is 13.2 Å². The molecule has 192 valence electrons. The molecule has 1 saturated carbocycles. The number of alkyl halides is 4. The predicted molar refractivity (Wildman–Crippen MR) is 137 cm³/mol. The molecule has 0 radical (unpaired) electrons. The first-order chi connectivity index (χ1) is 16.8. The zero-order valence-electron chi connectivity index (χ0n) is 17.9. The maximum absolute atomic E-state index is 14.2. The summed E-state index contributed by atoms with van der Waals surface area (Å²) in [4.78, 5) is 13.0. The van der Waals surface area contributed by atoms with Crippen LogP contribution in [-0.2, 0) is 4.79 Å². The number of anilines is 3. The van der Waals surface area contributed by atoms with Gasteiger partial charge in [-0.15, -0.1) is 46.4 Å². The molecule has 2 aliphatic rings. The number of aliphatic hydroxyl groups excluding tert-OH is 1. The number of allylic oxidation sites excluding steroid dienone is 4. The molecule has 0 heterocycles. The summed E-state index contributed by atoms with van der Waals surface area (Å²) in [6.45, 7) is 0. The van der Waals surface area contributed by atoms with E-state index in [1.54, 1.807) is 0 Å². The van der Waals surface area contributed by atoms with Crippen LogP contribution in [0.5, 0.6) is 0 Å².